The maximum Gasteiger partial charge on any atom is 0.250 e. The quantitative estimate of drug-likeness (QED) is 0.174. The highest BCUT2D eigenvalue weighted by atomic mass is 33.1. The average Bonchev–Trinajstić information content (AvgIpc) is 3.22. The summed E-state index contributed by atoms with van der Waals surface area (Å²) >= 11 is 0. The van der Waals surface area contributed by atoms with Crippen molar-refractivity contribution in [2.24, 2.45) is 53.4 Å². The molecule has 0 amide bonds. The molecule has 4 aliphatic rings. The summed E-state index contributed by atoms with van der Waals surface area (Å²) in [6, 6.07) is 6.55. The first-order valence-corrected chi connectivity index (χ1v) is 17.9. The molecule has 0 saturated heterocycles. The van der Waals surface area contributed by atoms with E-state index >= 15 is 0 Å². The molecule has 4 aliphatic carbocycles. The Morgan fingerprint density at radius 2 is 1.89 bits per heavy atom. The van der Waals surface area contributed by atoms with E-state index in [1.807, 2.05) is 16.4 Å². The van der Waals surface area contributed by atoms with E-state index in [0.717, 1.165) is 40.8 Å². The number of hydrogen-bond acceptors (Lipinski definition) is 2. The van der Waals surface area contributed by atoms with Crippen molar-refractivity contribution in [2.45, 2.75) is 122 Å². The van der Waals surface area contributed by atoms with Crippen LogP contribution in [0.15, 0.2) is 41.1 Å². The van der Waals surface area contributed by atoms with Crippen molar-refractivity contribution < 1.29 is 4.57 Å². The summed E-state index contributed by atoms with van der Waals surface area (Å²) in [4.78, 5) is 0. The smallest absolute Gasteiger partial charge is 0.195 e. The second kappa shape index (κ2) is 11.6. The van der Waals surface area contributed by atoms with Gasteiger partial charge in [-0.2, -0.15) is 4.57 Å². The summed E-state index contributed by atoms with van der Waals surface area (Å²) in [7, 11) is 6.29. The first-order valence-electron chi connectivity index (χ1n) is 15.7. The van der Waals surface area contributed by atoms with Crippen molar-refractivity contribution in [2.75, 3.05) is 0 Å². The topological polar surface area (TPSA) is 3.88 Å². The zero-order valence-electron chi connectivity index (χ0n) is 24.7. The largest absolute Gasteiger partial charge is 0.250 e. The number of rotatable bonds is 9. The van der Waals surface area contributed by atoms with E-state index < -0.39 is 0 Å². The van der Waals surface area contributed by atoms with E-state index in [9.17, 15) is 0 Å². The van der Waals surface area contributed by atoms with Gasteiger partial charge in [-0.15, -0.1) is 0 Å². The molecule has 0 bridgehead atoms. The molecule has 0 radical (unpaired) electrons. The molecule has 1 aromatic heterocycles. The van der Waals surface area contributed by atoms with Crippen molar-refractivity contribution in [1.82, 2.24) is 0 Å². The van der Waals surface area contributed by atoms with E-state index in [-0.39, 0.29) is 0 Å². The molecule has 37 heavy (non-hydrogen) atoms. The second-order valence-electron chi connectivity index (χ2n) is 14.1. The monoisotopic (exact) mass is 540 g/mol. The lowest BCUT2D eigenvalue weighted by atomic mass is 9.47. The molecule has 206 valence electrons. The van der Waals surface area contributed by atoms with Gasteiger partial charge in [0.25, 0.3) is 0 Å². The van der Waals surface area contributed by atoms with Gasteiger partial charge in [0.2, 0.25) is 5.03 Å². The Morgan fingerprint density at radius 3 is 2.65 bits per heavy atom. The molecule has 0 aromatic carbocycles. The number of allylic oxidation sites excluding steroid dienone is 2. The van der Waals surface area contributed by atoms with Gasteiger partial charge in [0.05, 0.1) is 0 Å². The lowest BCUT2D eigenvalue weighted by Crippen LogP contribution is -2.50. The average molecular weight is 541 g/mol. The minimum Gasteiger partial charge on any atom is -0.195 e. The summed E-state index contributed by atoms with van der Waals surface area (Å²) < 4.78 is 2.26. The molecular formula is C34H54NS2+. The summed E-state index contributed by atoms with van der Waals surface area (Å²) in [5, 5.41) is 2.14. The van der Waals surface area contributed by atoms with Crippen LogP contribution in [0.1, 0.15) is 112 Å². The third-order valence-corrected chi connectivity index (χ3v) is 15.1. The van der Waals surface area contributed by atoms with E-state index in [4.69, 9.17) is 0 Å². The van der Waals surface area contributed by atoms with Crippen molar-refractivity contribution in [3.63, 3.8) is 0 Å². The molecule has 0 N–H and O–H groups in total. The van der Waals surface area contributed by atoms with Crippen LogP contribution in [-0.4, -0.2) is 5.25 Å². The predicted molar refractivity (Wildman–Crippen MR) is 163 cm³/mol. The molecular weight excluding hydrogens is 487 g/mol. The van der Waals surface area contributed by atoms with Gasteiger partial charge in [0.15, 0.2) is 6.20 Å². The molecule has 0 aliphatic heterocycles. The van der Waals surface area contributed by atoms with Crippen LogP contribution < -0.4 is 4.57 Å². The number of nitrogens with zero attached hydrogens (tertiary/aromatic N) is 1. The molecule has 3 fully saturated rings. The Bertz CT molecular complexity index is 955. The maximum absolute atomic E-state index is 2.77. The molecule has 1 aromatic rings. The van der Waals surface area contributed by atoms with Gasteiger partial charge in [0.1, 0.15) is 7.05 Å². The molecule has 8 atom stereocenters. The van der Waals surface area contributed by atoms with Crippen LogP contribution in [-0.2, 0) is 7.05 Å². The Morgan fingerprint density at radius 1 is 1.05 bits per heavy atom. The SMILES string of the molecule is CCC(CCCC1CCC2C3CC=C4CC(SSc5cccc[n+]5C)CCC4(C)C3CCC12C)C(C)C. The second-order valence-corrected chi connectivity index (χ2v) is 16.6. The van der Waals surface area contributed by atoms with Gasteiger partial charge in [-0.3, -0.25) is 0 Å². The molecule has 0 spiro atoms. The standard InChI is InChI=1S/C34H54NS2/c1-7-25(24(2)3)11-10-12-26-15-17-30-29-16-14-27-23-28(36-37-32-13-8-9-22-35(32)6)18-20-34(27,5)31(29)19-21-33(26,30)4/h8-9,13-14,22,24-26,28-31H,7,10-12,15-21,23H2,1-6H3/q+1. The third-order valence-electron chi connectivity index (χ3n) is 12.1. The summed E-state index contributed by atoms with van der Waals surface area (Å²) in [6.45, 7) is 12.7. The minimum absolute atomic E-state index is 0.479. The predicted octanol–water partition coefficient (Wildman–Crippen LogP) is 10.1. The normalized spacial score (nSPS) is 38.0. The first-order chi connectivity index (χ1) is 17.8. The van der Waals surface area contributed by atoms with Gasteiger partial charge < -0.3 is 0 Å². The number of hydrogen-bond donors (Lipinski definition) is 0. The lowest BCUT2D eigenvalue weighted by Gasteiger charge is -2.58. The number of pyridine rings is 1. The maximum atomic E-state index is 2.77. The zero-order valence-corrected chi connectivity index (χ0v) is 26.3. The van der Waals surface area contributed by atoms with Gasteiger partial charge in [0, 0.05) is 28.2 Å². The van der Waals surface area contributed by atoms with E-state index in [0.29, 0.717) is 10.8 Å². The van der Waals surface area contributed by atoms with E-state index in [1.165, 1.54) is 82.1 Å². The minimum atomic E-state index is 0.479. The fourth-order valence-corrected chi connectivity index (χ4v) is 12.4. The first kappa shape index (κ1) is 28.1. The fraction of sp³-hybridized carbons (Fsp3) is 0.794. The van der Waals surface area contributed by atoms with Crippen molar-refractivity contribution in [3.05, 3.63) is 36.0 Å². The van der Waals surface area contributed by atoms with Crippen molar-refractivity contribution in [3.8, 4) is 0 Å². The molecule has 5 rings (SSSR count). The Labute approximate surface area is 236 Å². The molecule has 3 heteroatoms. The van der Waals surface area contributed by atoms with Gasteiger partial charge in [-0.05, 0) is 110 Å². The Kier molecular flexibility index (Phi) is 8.82. The van der Waals surface area contributed by atoms with E-state index in [2.05, 4.69) is 87.5 Å². The van der Waals surface area contributed by atoms with Crippen molar-refractivity contribution >= 4 is 21.6 Å². The van der Waals surface area contributed by atoms with Crippen LogP contribution in [0.25, 0.3) is 0 Å². The fourth-order valence-electron chi connectivity index (χ4n) is 9.64. The highest BCUT2D eigenvalue weighted by Crippen LogP contribution is 2.67. The Balaban J connectivity index is 1.21. The number of fused-ring (bicyclic) bond motifs is 5. The molecule has 8 unspecified atom stereocenters. The Hall–Kier alpha value is -0.410. The van der Waals surface area contributed by atoms with Gasteiger partial charge in [-0.1, -0.05) is 76.3 Å². The summed E-state index contributed by atoms with van der Waals surface area (Å²) in [6.07, 6.45) is 22.3. The van der Waals surface area contributed by atoms with Gasteiger partial charge >= 0.3 is 0 Å². The van der Waals surface area contributed by atoms with Crippen LogP contribution in [0.2, 0.25) is 0 Å². The number of aryl methyl sites for hydroxylation is 1. The van der Waals surface area contributed by atoms with Crippen LogP contribution in [0, 0.1) is 46.3 Å². The highest BCUT2D eigenvalue weighted by molar-refractivity contribution is 8.76. The van der Waals surface area contributed by atoms with Gasteiger partial charge in [-0.25, -0.2) is 0 Å². The van der Waals surface area contributed by atoms with Crippen LogP contribution in [0.4, 0.5) is 0 Å². The molecule has 3 saturated carbocycles. The van der Waals surface area contributed by atoms with Crippen LogP contribution in [0.5, 0.6) is 0 Å². The number of aromatic nitrogens is 1. The lowest BCUT2D eigenvalue weighted by molar-refractivity contribution is -0.708. The van der Waals surface area contributed by atoms with Crippen LogP contribution in [0.3, 0.4) is 0 Å². The summed E-state index contributed by atoms with van der Waals surface area (Å²) in [5.41, 5.74) is 2.94. The molecule has 1 heterocycles. The van der Waals surface area contributed by atoms with Crippen molar-refractivity contribution in [1.29, 1.82) is 0 Å². The zero-order chi connectivity index (χ0) is 26.2. The van der Waals surface area contributed by atoms with E-state index in [1.54, 1.807) is 0 Å². The molecule has 1 nitrogen and oxygen atoms in total. The third kappa shape index (κ3) is 5.48. The van der Waals surface area contributed by atoms with Crippen LogP contribution >= 0.6 is 21.6 Å². The summed E-state index contributed by atoms with van der Waals surface area (Å²) in [5.74, 6) is 5.66. The highest BCUT2D eigenvalue weighted by Gasteiger charge is 2.58.